The molecule has 22 heavy (non-hydrogen) atoms. The van der Waals surface area contributed by atoms with Crippen molar-refractivity contribution >= 4 is 21.6 Å². The first-order valence-corrected chi connectivity index (χ1v) is 9.74. The van der Waals surface area contributed by atoms with Crippen LogP contribution in [0.15, 0.2) is 45.2 Å². The molecule has 1 aromatic carbocycles. The highest BCUT2D eigenvalue weighted by molar-refractivity contribution is 8.00. The third kappa shape index (κ3) is 4.23. The number of aromatic nitrogens is 3. The number of aromatic amines is 1. The summed E-state index contributed by atoms with van der Waals surface area (Å²) in [6.07, 6.45) is 1.86. The zero-order valence-corrected chi connectivity index (χ0v) is 14.0. The van der Waals surface area contributed by atoms with Gasteiger partial charge in [-0.2, -0.15) is 0 Å². The van der Waals surface area contributed by atoms with Crippen molar-refractivity contribution in [3.8, 4) is 0 Å². The molecule has 2 aromatic rings. The summed E-state index contributed by atoms with van der Waals surface area (Å²) in [5.41, 5.74) is -0.248. The van der Waals surface area contributed by atoms with E-state index in [0.717, 1.165) is 12.8 Å². The molecule has 1 N–H and O–H groups in total. The molecule has 0 bridgehead atoms. The van der Waals surface area contributed by atoms with Crippen LogP contribution in [-0.2, 0) is 16.4 Å². The standard InChI is InChI=1S/C14H19N3O3S2/c1-2-3-9-17-13(18)15-16-14(17)21-10-11-22(19,20)12-7-5-4-6-8-12/h4-8H,2-3,9-11H2,1H3,(H,15,18). The molecule has 0 fully saturated rings. The second kappa shape index (κ2) is 7.64. The van der Waals surface area contributed by atoms with Crippen LogP contribution in [-0.4, -0.2) is 34.7 Å². The van der Waals surface area contributed by atoms with Crippen LogP contribution < -0.4 is 5.69 Å². The Hall–Kier alpha value is -1.54. The van der Waals surface area contributed by atoms with Gasteiger partial charge in [-0.15, -0.1) is 5.10 Å². The zero-order chi connectivity index (χ0) is 16.0. The highest BCUT2D eigenvalue weighted by Gasteiger charge is 2.15. The van der Waals surface area contributed by atoms with Crippen molar-refractivity contribution in [2.24, 2.45) is 0 Å². The summed E-state index contributed by atoms with van der Waals surface area (Å²) in [7, 11) is -3.30. The van der Waals surface area contributed by atoms with Crippen molar-refractivity contribution in [2.75, 3.05) is 11.5 Å². The van der Waals surface area contributed by atoms with Crippen LogP contribution in [0.3, 0.4) is 0 Å². The Bertz CT molecular complexity index is 751. The summed E-state index contributed by atoms with van der Waals surface area (Å²) in [6.45, 7) is 2.64. The lowest BCUT2D eigenvalue weighted by atomic mass is 10.3. The van der Waals surface area contributed by atoms with E-state index in [1.165, 1.54) is 11.8 Å². The molecule has 2 rings (SSSR count). The van der Waals surface area contributed by atoms with Crippen molar-refractivity contribution in [3.63, 3.8) is 0 Å². The molecular weight excluding hydrogens is 322 g/mol. The number of benzene rings is 1. The van der Waals surface area contributed by atoms with E-state index in [9.17, 15) is 13.2 Å². The number of hydrogen-bond donors (Lipinski definition) is 1. The van der Waals surface area contributed by atoms with Gasteiger partial charge in [0.1, 0.15) is 0 Å². The van der Waals surface area contributed by atoms with Gasteiger partial charge in [0.25, 0.3) is 0 Å². The molecule has 0 aliphatic carbocycles. The van der Waals surface area contributed by atoms with Gasteiger partial charge >= 0.3 is 5.69 Å². The Balaban J connectivity index is 1.98. The van der Waals surface area contributed by atoms with E-state index < -0.39 is 9.84 Å². The van der Waals surface area contributed by atoms with Gasteiger partial charge in [-0.05, 0) is 18.6 Å². The van der Waals surface area contributed by atoms with Crippen LogP contribution >= 0.6 is 11.8 Å². The smallest absolute Gasteiger partial charge is 0.270 e. The zero-order valence-electron chi connectivity index (χ0n) is 12.4. The van der Waals surface area contributed by atoms with Gasteiger partial charge in [-0.1, -0.05) is 43.3 Å². The summed E-state index contributed by atoms with van der Waals surface area (Å²) in [4.78, 5) is 12.0. The van der Waals surface area contributed by atoms with Gasteiger partial charge in [0.05, 0.1) is 10.6 Å². The second-order valence-corrected chi connectivity index (χ2v) is 7.97. The molecular formula is C14H19N3O3S2. The van der Waals surface area contributed by atoms with Gasteiger partial charge in [0.15, 0.2) is 15.0 Å². The molecule has 0 amide bonds. The maximum atomic E-state index is 12.2. The molecule has 1 aromatic heterocycles. The Morgan fingerprint density at radius 3 is 2.68 bits per heavy atom. The Labute approximate surface area is 133 Å². The van der Waals surface area contributed by atoms with E-state index in [0.29, 0.717) is 22.3 Å². The number of nitrogens with one attached hydrogen (secondary N) is 1. The van der Waals surface area contributed by atoms with Crippen LogP contribution in [0.5, 0.6) is 0 Å². The lowest BCUT2D eigenvalue weighted by Crippen LogP contribution is -2.18. The molecule has 0 aliphatic rings. The van der Waals surface area contributed by atoms with Gasteiger partial charge in [0, 0.05) is 12.3 Å². The highest BCUT2D eigenvalue weighted by atomic mass is 32.2. The van der Waals surface area contributed by atoms with Gasteiger partial charge in [-0.25, -0.2) is 18.3 Å². The van der Waals surface area contributed by atoms with Gasteiger partial charge in [-0.3, -0.25) is 4.57 Å². The van der Waals surface area contributed by atoms with E-state index in [4.69, 9.17) is 0 Å². The van der Waals surface area contributed by atoms with Crippen molar-refractivity contribution in [1.29, 1.82) is 0 Å². The van der Waals surface area contributed by atoms with Crippen LogP contribution in [0.25, 0.3) is 0 Å². The second-order valence-electron chi connectivity index (χ2n) is 4.80. The average Bonchev–Trinajstić information content (AvgIpc) is 2.86. The molecule has 0 spiro atoms. The molecule has 0 saturated heterocycles. The molecule has 0 atom stereocenters. The molecule has 0 unspecified atom stereocenters. The number of H-pyrrole nitrogens is 1. The van der Waals surface area contributed by atoms with Crippen LogP contribution in [0.4, 0.5) is 0 Å². The lowest BCUT2D eigenvalue weighted by molar-refractivity contribution is 0.573. The molecule has 120 valence electrons. The number of sulfone groups is 1. The Morgan fingerprint density at radius 1 is 1.27 bits per heavy atom. The SMILES string of the molecule is CCCCn1c(SCCS(=O)(=O)c2ccccc2)n[nH]c1=O. The van der Waals surface area contributed by atoms with Crippen LogP contribution in [0, 0.1) is 0 Å². The summed E-state index contributed by atoms with van der Waals surface area (Å²) in [5, 5.41) is 6.91. The Kier molecular flexibility index (Phi) is 5.84. The summed E-state index contributed by atoms with van der Waals surface area (Å²) >= 11 is 1.28. The fourth-order valence-electron chi connectivity index (χ4n) is 1.92. The van der Waals surface area contributed by atoms with Crippen LogP contribution in [0.1, 0.15) is 19.8 Å². The summed E-state index contributed by atoms with van der Waals surface area (Å²) in [5.74, 6) is 0.365. The molecule has 0 saturated carbocycles. The van der Waals surface area contributed by atoms with Gasteiger partial charge in [0.2, 0.25) is 0 Å². The fraction of sp³-hybridized carbons (Fsp3) is 0.429. The van der Waals surface area contributed by atoms with E-state index in [1.807, 2.05) is 6.92 Å². The number of nitrogens with zero attached hydrogens (tertiary/aromatic N) is 2. The van der Waals surface area contributed by atoms with E-state index in [-0.39, 0.29) is 11.4 Å². The predicted molar refractivity (Wildman–Crippen MR) is 87.0 cm³/mol. The first-order valence-electron chi connectivity index (χ1n) is 7.10. The monoisotopic (exact) mass is 341 g/mol. The molecule has 1 heterocycles. The summed E-state index contributed by atoms with van der Waals surface area (Å²) in [6, 6.07) is 8.37. The van der Waals surface area contributed by atoms with E-state index in [2.05, 4.69) is 10.2 Å². The molecule has 6 nitrogen and oxygen atoms in total. The Morgan fingerprint density at radius 2 is 2.00 bits per heavy atom. The summed E-state index contributed by atoms with van der Waals surface area (Å²) < 4.78 is 25.9. The van der Waals surface area contributed by atoms with Gasteiger partial charge < -0.3 is 0 Å². The van der Waals surface area contributed by atoms with Crippen molar-refractivity contribution in [1.82, 2.24) is 14.8 Å². The molecule has 8 heteroatoms. The quantitative estimate of drug-likeness (QED) is 0.742. The lowest BCUT2D eigenvalue weighted by Gasteiger charge is -2.05. The fourth-order valence-corrected chi connectivity index (χ4v) is 4.56. The molecule has 0 aliphatic heterocycles. The largest absolute Gasteiger partial charge is 0.343 e. The topological polar surface area (TPSA) is 84.8 Å². The highest BCUT2D eigenvalue weighted by Crippen LogP contribution is 2.17. The number of hydrogen-bond acceptors (Lipinski definition) is 5. The van der Waals surface area contributed by atoms with Crippen LogP contribution in [0.2, 0.25) is 0 Å². The maximum Gasteiger partial charge on any atom is 0.343 e. The minimum atomic E-state index is -3.30. The predicted octanol–water partition coefficient (Wildman–Crippen LogP) is 1.94. The minimum absolute atomic E-state index is 0.0104. The molecule has 0 radical (unpaired) electrons. The maximum absolute atomic E-state index is 12.2. The minimum Gasteiger partial charge on any atom is -0.270 e. The number of thioether (sulfide) groups is 1. The van der Waals surface area contributed by atoms with Crippen molar-refractivity contribution < 1.29 is 8.42 Å². The van der Waals surface area contributed by atoms with E-state index >= 15 is 0 Å². The number of rotatable bonds is 8. The third-order valence-corrected chi connectivity index (χ3v) is 6.11. The van der Waals surface area contributed by atoms with Crippen molar-refractivity contribution in [2.45, 2.75) is 36.4 Å². The first kappa shape index (κ1) is 16.8. The third-order valence-electron chi connectivity index (χ3n) is 3.14. The van der Waals surface area contributed by atoms with Crippen molar-refractivity contribution in [3.05, 3.63) is 40.8 Å². The van der Waals surface area contributed by atoms with E-state index in [1.54, 1.807) is 34.9 Å². The number of unbranched alkanes of at least 4 members (excludes halogenated alkanes) is 1. The normalized spacial score (nSPS) is 11.7. The first-order chi connectivity index (χ1) is 10.5. The average molecular weight is 341 g/mol.